The van der Waals surface area contributed by atoms with Crippen molar-refractivity contribution in [2.75, 3.05) is 33.6 Å². The zero-order valence-electron chi connectivity index (χ0n) is 17.5. The lowest BCUT2D eigenvalue weighted by atomic mass is 10.2. The largest absolute Gasteiger partial charge is 0.467 e. The van der Waals surface area contributed by atoms with E-state index in [1.165, 1.54) is 37.1 Å². The molecule has 0 radical (unpaired) electrons. The Morgan fingerprint density at radius 1 is 1.16 bits per heavy atom. The number of sulfonamides is 1. The van der Waals surface area contributed by atoms with Crippen LogP contribution >= 0.6 is 24.0 Å². The molecule has 0 aliphatic rings. The molecule has 0 fully saturated rings. The number of anilines is 1. The molecule has 2 aromatic rings. The van der Waals surface area contributed by atoms with Crippen LogP contribution in [0.1, 0.15) is 16.2 Å². The summed E-state index contributed by atoms with van der Waals surface area (Å²) in [5, 5.41) is 2.22. The first kappa shape index (κ1) is 25.2. The molecule has 1 heterocycles. The minimum absolute atomic E-state index is 0.0828. The van der Waals surface area contributed by atoms with Crippen LogP contribution in [0.2, 0.25) is 0 Å². The van der Waals surface area contributed by atoms with E-state index in [0.717, 1.165) is 13.2 Å². The van der Waals surface area contributed by atoms with Gasteiger partial charge in [-0.3, -0.25) is 5.32 Å². The van der Waals surface area contributed by atoms with Crippen molar-refractivity contribution < 1.29 is 27.5 Å². The van der Waals surface area contributed by atoms with Crippen molar-refractivity contribution in [3.63, 3.8) is 0 Å². The van der Waals surface area contributed by atoms with Crippen molar-refractivity contribution in [2.24, 2.45) is 0 Å². The van der Waals surface area contributed by atoms with Gasteiger partial charge in [-0.2, -0.15) is 15.0 Å². The monoisotopic (exact) mass is 500 g/mol. The Kier molecular flexibility index (Phi) is 8.68. The van der Waals surface area contributed by atoms with Crippen LogP contribution in [-0.2, 0) is 20.5 Å². The summed E-state index contributed by atoms with van der Waals surface area (Å²) in [5.41, 5.74) is -0.228. The Balaban J connectivity index is 2.19. The summed E-state index contributed by atoms with van der Waals surface area (Å²) in [6.07, 6.45) is 0. The number of thiocarbonyl (C=S) groups is 1. The van der Waals surface area contributed by atoms with Crippen molar-refractivity contribution in [2.45, 2.75) is 10.6 Å². The number of amides is 2. The lowest BCUT2D eigenvalue weighted by Gasteiger charge is -2.13. The maximum absolute atomic E-state index is 12.6. The summed E-state index contributed by atoms with van der Waals surface area (Å²) in [7, 11) is 1.61. The first-order valence-corrected chi connectivity index (χ1v) is 11.6. The number of carbonyl (C=O) groups excluding carboxylic acids is 2. The fourth-order valence-electron chi connectivity index (χ4n) is 2.15. The third-order valence-corrected chi connectivity index (χ3v) is 6.69. The van der Waals surface area contributed by atoms with Gasteiger partial charge in [0.25, 0.3) is 10.0 Å². The first-order chi connectivity index (χ1) is 15.1. The third kappa shape index (κ3) is 6.73. The highest BCUT2D eigenvalue weighted by Crippen LogP contribution is 2.18. The molecule has 172 valence electrons. The van der Waals surface area contributed by atoms with Gasteiger partial charge in [0, 0.05) is 14.1 Å². The highest BCUT2D eigenvalue weighted by Gasteiger charge is 2.25. The summed E-state index contributed by atoms with van der Waals surface area (Å²) >= 11 is 6.47. The number of ether oxygens (including phenoxy) is 2. The van der Waals surface area contributed by atoms with Crippen molar-refractivity contribution in [3.8, 4) is 6.01 Å². The van der Waals surface area contributed by atoms with Crippen LogP contribution in [0.5, 0.6) is 6.01 Å². The molecule has 2 amide bonds. The molecular formula is C17H20N6O6S3. The molecule has 1 aromatic heterocycles. The van der Waals surface area contributed by atoms with E-state index in [0.29, 0.717) is 4.32 Å². The van der Waals surface area contributed by atoms with Gasteiger partial charge >= 0.3 is 18.0 Å². The van der Waals surface area contributed by atoms with Gasteiger partial charge < -0.3 is 14.4 Å². The van der Waals surface area contributed by atoms with Gasteiger partial charge in [-0.05, 0) is 12.1 Å². The Labute approximate surface area is 194 Å². The predicted molar refractivity (Wildman–Crippen MR) is 121 cm³/mol. The van der Waals surface area contributed by atoms with E-state index < -0.39 is 26.9 Å². The van der Waals surface area contributed by atoms with Crippen molar-refractivity contribution in [3.05, 3.63) is 35.7 Å². The lowest BCUT2D eigenvalue weighted by molar-refractivity contribution is 0.0596. The van der Waals surface area contributed by atoms with Crippen molar-refractivity contribution in [1.82, 2.24) is 24.6 Å². The number of benzene rings is 1. The number of nitrogens with zero attached hydrogens (tertiary/aromatic N) is 4. The molecular weight excluding hydrogens is 480 g/mol. The van der Waals surface area contributed by atoms with Crippen molar-refractivity contribution >= 4 is 56.3 Å². The zero-order chi connectivity index (χ0) is 23.9. The van der Waals surface area contributed by atoms with E-state index in [-0.39, 0.29) is 29.1 Å². The number of hydrogen-bond donors (Lipinski definition) is 2. The Hall–Kier alpha value is -3.04. The number of carbonyl (C=O) groups is 2. The molecule has 32 heavy (non-hydrogen) atoms. The average Bonchev–Trinajstić information content (AvgIpc) is 2.76. The molecule has 0 spiro atoms. The number of methoxy groups -OCH3 is 2. The molecule has 12 nitrogen and oxygen atoms in total. The van der Waals surface area contributed by atoms with Crippen LogP contribution in [-0.4, -0.2) is 72.9 Å². The number of esters is 1. The number of thioether (sulfide) groups is 1. The van der Waals surface area contributed by atoms with Gasteiger partial charge in [0.15, 0.2) is 0 Å². The summed E-state index contributed by atoms with van der Waals surface area (Å²) in [6, 6.07) is 4.05. The molecule has 2 rings (SSSR count). The number of urea groups is 1. The van der Waals surface area contributed by atoms with E-state index in [1.54, 1.807) is 23.7 Å². The Morgan fingerprint density at radius 2 is 1.84 bits per heavy atom. The van der Waals surface area contributed by atoms with Crippen molar-refractivity contribution in [1.29, 1.82) is 0 Å². The molecule has 0 atom stereocenters. The zero-order valence-corrected chi connectivity index (χ0v) is 19.9. The Bertz CT molecular complexity index is 1130. The van der Waals surface area contributed by atoms with Gasteiger partial charge in [0.1, 0.15) is 15.0 Å². The molecule has 15 heteroatoms. The van der Waals surface area contributed by atoms with Crippen LogP contribution in [0, 0.1) is 0 Å². The van der Waals surface area contributed by atoms with E-state index in [2.05, 4.69) is 25.0 Å². The quantitative estimate of drug-likeness (QED) is 0.415. The second-order valence-electron chi connectivity index (χ2n) is 6.06. The third-order valence-electron chi connectivity index (χ3n) is 3.57. The summed E-state index contributed by atoms with van der Waals surface area (Å²) in [6.45, 7) is 0. The van der Waals surface area contributed by atoms with Gasteiger partial charge in [-0.25, -0.2) is 22.7 Å². The second kappa shape index (κ2) is 11.0. The molecule has 0 unspecified atom stereocenters. The fraction of sp³-hybridized carbons (Fsp3) is 0.294. The van der Waals surface area contributed by atoms with Crippen LogP contribution in [0.15, 0.2) is 29.2 Å². The molecule has 2 N–H and O–H groups in total. The summed E-state index contributed by atoms with van der Waals surface area (Å²) in [4.78, 5) is 37.5. The average molecular weight is 501 g/mol. The maximum atomic E-state index is 12.6. The number of nitrogens with one attached hydrogen (secondary N) is 2. The van der Waals surface area contributed by atoms with Crippen LogP contribution < -0.4 is 14.8 Å². The first-order valence-electron chi connectivity index (χ1n) is 8.71. The molecule has 0 saturated heterocycles. The van der Waals surface area contributed by atoms with Crippen LogP contribution in [0.25, 0.3) is 0 Å². The highest BCUT2D eigenvalue weighted by molar-refractivity contribution is 8.22. The molecule has 0 saturated carbocycles. The molecule has 1 aromatic carbocycles. The minimum atomic E-state index is -4.41. The summed E-state index contributed by atoms with van der Waals surface area (Å²) < 4.78 is 37.2. The molecule has 0 aliphatic heterocycles. The second-order valence-corrected chi connectivity index (χ2v) is 9.32. The van der Waals surface area contributed by atoms with Gasteiger partial charge in [-0.15, -0.1) is 0 Å². The van der Waals surface area contributed by atoms with E-state index in [4.69, 9.17) is 17.0 Å². The number of rotatable bonds is 7. The highest BCUT2D eigenvalue weighted by atomic mass is 32.2. The topological polar surface area (TPSA) is 153 Å². The van der Waals surface area contributed by atoms with Gasteiger partial charge in [-0.1, -0.05) is 36.1 Å². The van der Waals surface area contributed by atoms with E-state index >= 15 is 0 Å². The van der Waals surface area contributed by atoms with Gasteiger partial charge in [0.2, 0.25) is 5.95 Å². The smallest absolute Gasteiger partial charge is 0.339 e. The Morgan fingerprint density at radius 3 is 2.47 bits per heavy atom. The molecule has 0 aliphatic carbocycles. The van der Waals surface area contributed by atoms with Crippen LogP contribution in [0.3, 0.4) is 0 Å². The maximum Gasteiger partial charge on any atom is 0.339 e. The standard InChI is InChI=1S/C17H20N6O6S3/c1-23(2)17(30)31-9-12-18-14(21-16(19-12)29-4)20-15(25)22-32(26,27)11-8-6-5-7-10(11)13(24)28-3/h5-8H,9H2,1-4H3,(H2,18,19,20,21,22,25). The van der Waals surface area contributed by atoms with E-state index in [1.807, 2.05) is 0 Å². The predicted octanol–water partition coefficient (Wildman–Crippen LogP) is 1.26. The number of hydrogen-bond acceptors (Lipinski definition) is 11. The molecule has 0 bridgehead atoms. The van der Waals surface area contributed by atoms with E-state index in [9.17, 15) is 18.0 Å². The number of aromatic nitrogens is 3. The SMILES string of the molecule is COC(=O)c1ccccc1S(=O)(=O)NC(=O)Nc1nc(CSC(=S)N(C)C)nc(OC)n1. The lowest BCUT2D eigenvalue weighted by Crippen LogP contribution is -2.35. The van der Waals surface area contributed by atoms with Crippen LogP contribution in [0.4, 0.5) is 10.7 Å². The minimum Gasteiger partial charge on any atom is -0.467 e. The normalized spacial score (nSPS) is 10.8. The fourth-order valence-corrected chi connectivity index (χ4v) is 4.07. The summed E-state index contributed by atoms with van der Waals surface area (Å²) in [5.74, 6) is -0.597. The van der Waals surface area contributed by atoms with Gasteiger partial charge in [0.05, 0.1) is 25.5 Å².